The molecule has 0 spiro atoms. The van der Waals surface area contributed by atoms with Gasteiger partial charge >= 0.3 is 5.97 Å². The quantitative estimate of drug-likeness (QED) is 0.757. The molecule has 0 atom stereocenters. The van der Waals surface area contributed by atoms with Crippen LogP contribution in [0, 0.1) is 0 Å². The number of aromatic nitrogens is 3. The van der Waals surface area contributed by atoms with Crippen molar-refractivity contribution in [2.24, 2.45) is 0 Å². The lowest BCUT2D eigenvalue weighted by molar-refractivity contribution is -0.142. The van der Waals surface area contributed by atoms with Gasteiger partial charge in [0.1, 0.15) is 12.1 Å². The van der Waals surface area contributed by atoms with E-state index in [1.54, 1.807) is 0 Å². The van der Waals surface area contributed by atoms with Crippen LogP contribution in [0.4, 0.5) is 0 Å². The summed E-state index contributed by atoms with van der Waals surface area (Å²) < 4.78 is 6.82. The van der Waals surface area contributed by atoms with Gasteiger partial charge in [-0.1, -0.05) is 18.2 Å². The number of nitrogens with zero attached hydrogens (tertiary/aromatic N) is 3. The molecule has 1 aromatic heterocycles. The molecule has 5 nitrogen and oxygen atoms in total. The fraction of sp³-hybridized carbons (Fsp3) is 0.417. The number of fused-ring (bicyclic) bond motifs is 1. The average Bonchev–Trinajstić information content (AvgIpc) is 2.70. The van der Waals surface area contributed by atoms with E-state index in [0.717, 1.165) is 29.6 Å². The summed E-state index contributed by atoms with van der Waals surface area (Å²) in [6.45, 7) is 4.64. The predicted molar refractivity (Wildman–Crippen MR) is 63.3 cm³/mol. The first-order valence-corrected chi connectivity index (χ1v) is 5.66. The molecule has 0 radical (unpaired) electrons. The Kier molecular flexibility index (Phi) is 3.37. The van der Waals surface area contributed by atoms with Crippen LogP contribution in [0.3, 0.4) is 0 Å². The zero-order valence-corrected chi connectivity index (χ0v) is 10.0. The fourth-order valence-electron chi connectivity index (χ4n) is 1.67. The molecular weight excluding hydrogens is 218 g/mol. The molecule has 0 N–H and O–H groups in total. The van der Waals surface area contributed by atoms with Gasteiger partial charge in [-0.15, -0.1) is 5.10 Å². The molecule has 0 unspecified atom stereocenters. The summed E-state index contributed by atoms with van der Waals surface area (Å²) in [4.78, 5) is 10.7. The molecular formula is C12H15N3O2. The van der Waals surface area contributed by atoms with Crippen LogP contribution < -0.4 is 0 Å². The van der Waals surface area contributed by atoms with Gasteiger partial charge in [0, 0.05) is 13.5 Å². The van der Waals surface area contributed by atoms with Crippen LogP contribution in [0.1, 0.15) is 25.8 Å². The van der Waals surface area contributed by atoms with Crippen molar-refractivity contribution in [3.05, 3.63) is 23.8 Å². The lowest BCUT2D eigenvalue weighted by atomic mass is 10.2. The van der Waals surface area contributed by atoms with Crippen molar-refractivity contribution >= 4 is 17.0 Å². The lowest BCUT2D eigenvalue weighted by Crippen LogP contribution is -2.00. The topological polar surface area (TPSA) is 57.0 Å². The van der Waals surface area contributed by atoms with Gasteiger partial charge < -0.3 is 4.74 Å². The third kappa shape index (κ3) is 2.61. The highest BCUT2D eigenvalue weighted by molar-refractivity contribution is 5.75. The van der Waals surface area contributed by atoms with Crippen molar-refractivity contribution < 1.29 is 9.53 Å². The maximum absolute atomic E-state index is 10.7. The zero-order chi connectivity index (χ0) is 12.3. The van der Waals surface area contributed by atoms with Crippen molar-refractivity contribution in [1.82, 2.24) is 15.0 Å². The van der Waals surface area contributed by atoms with E-state index in [4.69, 9.17) is 4.74 Å². The highest BCUT2D eigenvalue weighted by Gasteiger charge is 2.05. The molecule has 0 bridgehead atoms. The summed E-state index contributed by atoms with van der Waals surface area (Å²) in [7, 11) is 0. The molecule has 90 valence electrons. The second-order valence-electron chi connectivity index (χ2n) is 3.92. The minimum Gasteiger partial charge on any atom is -0.461 e. The van der Waals surface area contributed by atoms with Gasteiger partial charge in [-0.2, -0.15) is 0 Å². The molecule has 1 aromatic carbocycles. The lowest BCUT2D eigenvalue weighted by Gasteiger charge is -2.02. The molecule has 0 amide bonds. The van der Waals surface area contributed by atoms with Gasteiger partial charge in [0.15, 0.2) is 0 Å². The predicted octanol–water partition coefficient (Wildman–Crippen LogP) is 1.90. The number of benzene rings is 1. The zero-order valence-electron chi connectivity index (χ0n) is 10.0. The van der Waals surface area contributed by atoms with Crippen molar-refractivity contribution in [3.63, 3.8) is 0 Å². The number of carbonyl (C=O) groups is 1. The van der Waals surface area contributed by atoms with E-state index in [0.29, 0.717) is 0 Å². The molecule has 0 aliphatic carbocycles. The summed E-state index contributed by atoms with van der Waals surface area (Å²) in [5.74, 6) is -0.278. The van der Waals surface area contributed by atoms with E-state index >= 15 is 0 Å². The number of aryl methyl sites for hydroxylation is 1. The van der Waals surface area contributed by atoms with E-state index < -0.39 is 0 Å². The minimum absolute atomic E-state index is 0.278. The molecule has 0 aliphatic heterocycles. The van der Waals surface area contributed by atoms with Crippen molar-refractivity contribution in [2.45, 2.75) is 33.4 Å². The highest BCUT2D eigenvalue weighted by Crippen LogP contribution is 2.14. The van der Waals surface area contributed by atoms with E-state index in [9.17, 15) is 4.79 Å². The van der Waals surface area contributed by atoms with Gasteiger partial charge in [-0.25, -0.2) is 4.68 Å². The second-order valence-corrected chi connectivity index (χ2v) is 3.92. The smallest absolute Gasteiger partial charge is 0.302 e. The number of hydrogen-bond donors (Lipinski definition) is 0. The number of rotatable bonds is 4. The Morgan fingerprint density at radius 3 is 3.00 bits per heavy atom. The number of ether oxygens (including phenoxy) is 1. The first kappa shape index (κ1) is 11.6. The Morgan fingerprint density at radius 1 is 1.47 bits per heavy atom. The standard InChI is InChI=1S/C12H15N3O2/c1-3-6-15-12-5-4-10(8-17-9(2)16)7-11(12)13-14-15/h4-5,7H,3,6,8H2,1-2H3. The molecule has 2 rings (SSSR count). The van der Waals surface area contributed by atoms with Crippen LogP contribution >= 0.6 is 0 Å². The van der Waals surface area contributed by atoms with Crippen LogP contribution in [0.25, 0.3) is 11.0 Å². The normalized spacial score (nSPS) is 10.7. The Balaban J connectivity index is 2.23. The van der Waals surface area contributed by atoms with E-state index in [1.807, 2.05) is 22.9 Å². The second kappa shape index (κ2) is 4.95. The highest BCUT2D eigenvalue weighted by atomic mass is 16.5. The maximum atomic E-state index is 10.7. The first-order valence-electron chi connectivity index (χ1n) is 5.66. The molecule has 0 aliphatic rings. The van der Waals surface area contributed by atoms with E-state index in [2.05, 4.69) is 17.2 Å². The Bertz CT molecular complexity index is 534. The Morgan fingerprint density at radius 2 is 2.29 bits per heavy atom. The van der Waals surface area contributed by atoms with Crippen molar-refractivity contribution in [2.75, 3.05) is 0 Å². The molecule has 2 aromatic rings. The third-order valence-electron chi connectivity index (χ3n) is 2.46. The first-order chi connectivity index (χ1) is 8.20. The third-order valence-corrected chi connectivity index (χ3v) is 2.46. The summed E-state index contributed by atoms with van der Waals surface area (Å²) >= 11 is 0. The largest absolute Gasteiger partial charge is 0.461 e. The molecule has 1 heterocycles. The van der Waals surface area contributed by atoms with Crippen LogP contribution in [0.2, 0.25) is 0 Å². The number of esters is 1. The maximum Gasteiger partial charge on any atom is 0.302 e. The molecule has 17 heavy (non-hydrogen) atoms. The van der Waals surface area contributed by atoms with E-state index in [-0.39, 0.29) is 12.6 Å². The van der Waals surface area contributed by atoms with Crippen molar-refractivity contribution in [1.29, 1.82) is 0 Å². The van der Waals surface area contributed by atoms with E-state index in [1.165, 1.54) is 6.92 Å². The van der Waals surface area contributed by atoms with Crippen LogP contribution in [0.5, 0.6) is 0 Å². The van der Waals surface area contributed by atoms with Gasteiger partial charge in [-0.3, -0.25) is 4.79 Å². The van der Waals surface area contributed by atoms with Crippen molar-refractivity contribution in [3.8, 4) is 0 Å². The van der Waals surface area contributed by atoms with Crippen LogP contribution in [0.15, 0.2) is 18.2 Å². The monoisotopic (exact) mass is 233 g/mol. The number of hydrogen-bond acceptors (Lipinski definition) is 4. The molecule has 0 saturated heterocycles. The summed E-state index contributed by atoms with van der Waals surface area (Å²) in [5.41, 5.74) is 2.78. The minimum atomic E-state index is -0.278. The van der Waals surface area contributed by atoms with Crippen LogP contribution in [-0.4, -0.2) is 21.0 Å². The summed E-state index contributed by atoms with van der Waals surface area (Å²) in [6.07, 6.45) is 1.02. The molecule has 5 heteroatoms. The Labute approximate surface area is 99.4 Å². The summed E-state index contributed by atoms with van der Waals surface area (Å²) in [6, 6.07) is 5.79. The SMILES string of the molecule is CCCn1nnc2cc(COC(C)=O)ccc21. The fourth-order valence-corrected chi connectivity index (χ4v) is 1.67. The van der Waals surface area contributed by atoms with Gasteiger partial charge in [0.2, 0.25) is 0 Å². The Hall–Kier alpha value is -1.91. The molecule has 0 fully saturated rings. The summed E-state index contributed by atoms with van der Waals surface area (Å²) in [5, 5.41) is 8.18. The molecule has 0 saturated carbocycles. The van der Waals surface area contributed by atoms with Gasteiger partial charge in [-0.05, 0) is 24.1 Å². The van der Waals surface area contributed by atoms with Gasteiger partial charge in [0.05, 0.1) is 5.52 Å². The van der Waals surface area contributed by atoms with Crippen LogP contribution in [-0.2, 0) is 22.7 Å². The van der Waals surface area contributed by atoms with Gasteiger partial charge in [0.25, 0.3) is 0 Å². The number of carbonyl (C=O) groups excluding carboxylic acids is 1. The average molecular weight is 233 g/mol.